The van der Waals surface area contributed by atoms with Crippen molar-refractivity contribution in [1.29, 1.82) is 0 Å². The van der Waals surface area contributed by atoms with Crippen LogP contribution >= 0.6 is 22.9 Å². The lowest BCUT2D eigenvalue weighted by molar-refractivity contribution is 0.0760. The van der Waals surface area contributed by atoms with E-state index in [1.54, 1.807) is 17.5 Å². The molecule has 0 aromatic carbocycles. The summed E-state index contributed by atoms with van der Waals surface area (Å²) >= 11 is 7.05. The van der Waals surface area contributed by atoms with Gasteiger partial charge in [-0.25, -0.2) is 4.98 Å². The number of hydrogen-bond acceptors (Lipinski definition) is 3. The van der Waals surface area contributed by atoms with E-state index in [1.165, 1.54) is 11.3 Å². The third-order valence-corrected chi connectivity index (χ3v) is 3.51. The quantitative estimate of drug-likeness (QED) is 0.749. The molecule has 5 heteroatoms. The van der Waals surface area contributed by atoms with E-state index in [9.17, 15) is 4.79 Å². The summed E-state index contributed by atoms with van der Waals surface area (Å²) in [6, 6.07) is 0.0469. The van der Waals surface area contributed by atoms with Crippen LogP contribution in [0.15, 0.2) is 5.51 Å². The number of nitrogens with zero attached hydrogens (tertiary/aromatic N) is 2. The molecule has 0 aliphatic rings. The normalized spacial score (nSPS) is 12.6. The molecule has 0 aliphatic heterocycles. The van der Waals surface area contributed by atoms with Gasteiger partial charge in [0.25, 0.3) is 5.91 Å². The molecule has 0 N–H and O–H groups in total. The van der Waals surface area contributed by atoms with Gasteiger partial charge in [-0.1, -0.05) is 0 Å². The zero-order chi connectivity index (χ0) is 10.7. The maximum absolute atomic E-state index is 11.9. The first-order valence-electron chi connectivity index (χ1n) is 4.31. The second-order valence-electron chi connectivity index (χ2n) is 3.19. The van der Waals surface area contributed by atoms with Crippen molar-refractivity contribution in [3.05, 3.63) is 16.1 Å². The maximum atomic E-state index is 11.9. The Morgan fingerprint density at radius 1 is 1.79 bits per heavy atom. The highest BCUT2D eigenvalue weighted by Crippen LogP contribution is 2.15. The van der Waals surface area contributed by atoms with Crippen molar-refractivity contribution in [2.45, 2.75) is 19.9 Å². The van der Waals surface area contributed by atoms with Crippen LogP contribution in [-0.2, 0) is 0 Å². The Labute approximate surface area is 92.7 Å². The number of thiazole rings is 1. The zero-order valence-corrected chi connectivity index (χ0v) is 10.0. The van der Waals surface area contributed by atoms with Gasteiger partial charge >= 0.3 is 0 Å². The van der Waals surface area contributed by atoms with E-state index < -0.39 is 0 Å². The van der Waals surface area contributed by atoms with Gasteiger partial charge in [-0.05, 0) is 13.8 Å². The SMILES string of the molecule is Cc1ncsc1C(=O)N(C)C(C)CCl. The number of amides is 1. The first-order chi connectivity index (χ1) is 6.57. The second-order valence-corrected chi connectivity index (χ2v) is 4.35. The summed E-state index contributed by atoms with van der Waals surface area (Å²) in [6.07, 6.45) is 0. The lowest BCUT2D eigenvalue weighted by Crippen LogP contribution is -2.36. The standard InChI is InChI=1S/C9H13ClN2OS/c1-6(4-10)12(3)9(13)8-7(2)11-5-14-8/h5-6H,4H2,1-3H3. The molecule has 1 atom stereocenters. The van der Waals surface area contributed by atoms with E-state index in [4.69, 9.17) is 11.6 Å². The predicted octanol–water partition coefficient (Wildman–Crippen LogP) is 2.15. The number of alkyl halides is 1. The highest BCUT2D eigenvalue weighted by atomic mass is 35.5. The van der Waals surface area contributed by atoms with Crippen LogP contribution in [0.25, 0.3) is 0 Å². The van der Waals surface area contributed by atoms with Crippen LogP contribution in [-0.4, -0.2) is 34.8 Å². The number of rotatable bonds is 3. The topological polar surface area (TPSA) is 33.2 Å². The van der Waals surface area contributed by atoms with Gasteiger partial charge in [0.2, 0.25) is 0 Å². The number of aromatic nitrogens is 1. The van der Waals surface area contributed by atoms with E-state index >= 15 is 0 Å². The smallest absolute Gasteiger partial charge is 0.265 e. The molecule has 1 rings (SSSR count). The monoisotopic (exact) mass is 232 g/mol. The number of carbonyl (C=O) groups is 1. The third kappa shape index (κ3) is 2.25. The van der Waals surface area contributed by atoms with Crippen LogP contribution < -0.4 is 0 Å². The maximum Gasteiger partial charge on any atom is 0.265 e. The van der Waals surface area contributed by atoms with Crippen molar-refractivity contribution in [3.63, 3.8) is 0 Å². The fourth-order valence-corrected chi connectivity index (χ4v) is 1.96. The molecule has 0 fully saturated rings. The van der Waals surface area contributed by atoms with E-state index in [1.807, 2.05) is 13.8 Å². The Morgan fingerprint density at radius 3 is 2.86 bits per heavy atom. The van der Waals surface area contributed by atoms with Crippen LogP contribution in [0.2, 0.25) is 0 Å². The van der Waals surface area contributed by atoms with Crippen LogP contribution in [0.5, 0.6) is 0 Å². The highest BCUT2D eigenvalue weighted by Gasteiger charge is 2.19. The minimum absolute atomic E-state index is 0.00171. The summed E-state index contributed by atoms with van der Waals surface area (Å²) in [5.41, 5.74) is 2.47. The number of hydrogen-bond donors (Lipinski definition) is 0. The molecule has 1 unspecified atom stereocenters. The summed E-state index contributed by atoms with van der Waals surface area (Å²) in [4.78, 5) is 18.3. The second kappa shape index (κ2) is 4.75. The van der Waals surface area contributed by atoms with Gasteiger partial charge in [-0.2, -0.15) is 0 Å². The van der Waals surface area contributed by atoms with Gasteiger partial charge in [-0.3, -0.25) is 4.79 Å². The fourth-order valence-electron chi connectivity index (χ4n) is 0.971. The molecule has 1 aromatic heterocycles. The fraction of sp³-hybridized carbons (Fsp3) is 0.556. The minimum Gasteiger partial charge on any atom is -0.337 e. The Morgan fingerprint density at radius 2 is 2.43 bits per heavy atom. The molecule has 3 nitrogen and oxygen atoms in total. The lowest BCUT2D eigenvalue weighted by Gasteiger charge is -2.22. The van der Waals surface area contributed by atoms with Crippen molar-refractivity contribution in [2.75, 3.05) is 12.9 Å². The molecule has 0 saturated carbocycles. The molecule has 1 aromatic rings. The van der Waals surface area contributed by atoms with Crippen LogP contribution in [0, 0.1) is 6.92 Å². The molecule has 0 radical (unpaired) electrons. The molecular formula is C9H13ClN2OS. The zero-order valence-electron chi connectivity index (χ0n) is 8.45. The van der Waals surface area contributed by atoms with E-state index in [0.717, 1.165) is 5.69 Å². The van der Waals surface area contributed by atoms with E-state index in [0.29, 0.717) is 10.8 Å². The average Bonchev–Trinajstić information content (AvgIpc) is 2.61. The minimum atomic E-state index is -0.00171. The molecule has 0 aliphatic carbocycles. The van der Waals surface area contributed by atoms with Gasteiger partial charge in [0.05, 0.1) is 11.2 Å². The largest absolute Gasteiger partial charge is 0.337 e. The molecule has 78 valence electrons. The van der Waals surface area contributed by atoms with Crippen LogP contribution in [0.1, 0.15) is 22.3 Å². The van der Waals surface area contributed by atoms with Gasteiger partial charge in [-0.15, -0.1) is 22.9 Å². The van der Waals surface area contributed by atoms with Crippen LogP contribution in [0.3, 0.4) is 0 Å². The third-order valence-electron chi connectivity index (χ3n) is 2.14. The van der Waals surface area contributed by atoms with Crippen molar-refractivity contribution < 1.29 is 4.79 Å². The average molecular weight is 233 g/mol. The Kier molecular flexibility index (Phi) is 3.89. The number of aryl methyl sites for hydroxylation is 1. The predicted molar refractivity (Wildman–Crippen MR) is 59.1 cm³/mol. The molecule has 1 amide bonds. The molecule has 0 spiro atoms. The molecular weight excluding hydrogens is 220 g/mol. The number of halogens is 1. The van der Waals surface area contributed by atoms with Gasteiger partial charge in [0, 0.05) is 19.0 Å². The Balaban J connectivity index is 2.81. The molecule has 0 bridgehead atoms. The van der Waals surface area contributed by atoms with Gasteiger partial charge in [0.1, 0.15) is 4.88 Å². The van der Waals surface area contributed by atoms with Crippen molar-refractivity contribution in [1.82, 2.24) is 9.88 Å². The summed E-state index contributed by atoms with van der Waals surface area (Å²) in [6.45, 7) is 3.75. The van der Waals surface area contributed by atoms with Gasteiger partial charge in [0.15, 0.2) is 0 Å². The lowest BCUT2D eigenvalue weighted by atomic mass is 10.3. The molecule has 1 heterocycles. The van der Waals surface area contributed by atoms with Gasteiger partial charge < -0.3 is 4.90 Å². The summed E-state index contributed by atoms with van der Waals surface area (Å²) < 4.78 is 0. The van der Waals surface area contributed by atoms with Crippen molar-refractivity contribution in [2.24, 2.45) is 0 Å². The van der Waals surface area contributed by atoms with Crippen molar-refractivity contribution in [3.8, 4) is 0 Å². The summed E-state index contributed by atoms with van der Waals surface area (Å²) in [5, 5.41) is 0. The van der Waals surface area contributed by atoms with Crippen LogP contribution in [0.4, 0.5) is 0 Å². The first-order valence-corrected chi connectivity index (χ1v) is 5.72. The molecule has 0 saturated heterocycles. The highest BCUT2D eigenvalue weighted by molar-refractivity contribution is 7.11. The van der Waals surface area contributed by atoms with E-state index in [-0.39, 0.29) is 11.9 Å². The summed E-state index contributed by atoms with van der Waals surface area (Å²) in [7, 11) is 1.76. The van der Waals surface area contributed by atoms with E-state index in [2.05, 4.69) is 4.98 Å². The summed E-state index contributed by atoms with van der Waals surface area (Å²) in [5.74, 6) is 0.443. The van der Waals surface area contributed by atoms with Crippen molar-refractivity contribution >= 4 is 28.8 Å². The number of carbonyl (C=O) groups excluding carboxylic acids is 1. The first kappa shape index (κ1) is 11.5. The molecule has 14 heavy (non-hydrogen) atoms. The Bertz CT molecular complexity index is 326. The Hall–Kier alpha value is -0.610.